The van der Waals surface area contributed by atoms with Crippen LogP contribution in [0.5, 0.6) is 0 Å². The summed E-state index contributed by atoms with van der Waals surface area (Å²) in [5.74, 6) is -0.903. The van der Waals surface area contributed by atoms with E-state index >= 15 is 0 Å². The van der Waals surface area contributed by atoms with Crippen molar-refractivity contribution in [3.05, 3.63) is 39.9 Å². The van der Waals surface area contributed by atoms with E-state index in [2.05, 4.69) is 16.4 Å². The molecule has 0 saturated carbocycles. The standard InChI is InChI=1S/C15H18N2O2S/c1-4-5-12-13(14(18)19)20-15(17-12)16-11-7-6-9(2)8-10(11)3/h6-8H,4-5H2,1-3H3,(H,16,17)(H,18,19). The molecule has 0 aliphatic rings. The molecule has 1 heterocycles. The monoisotopic (exact) mass is 290 g/mol. The van der Waals surface area contributed by atoms with Crippen LogP contribution in [0.25, 0.3) is 0 Å². The van der Waals surface area contributed by atoms with Crippen molar-refractivity contribution in [1.29, 1.82) is 0 Å². The molecule has 0 aliphatic carbocycles. The molecule has 0 spiro atoms. The number of benzene rings is 1. The maximum Gasteiger partial charge on any atom is 0.347 e. The summed E-state index contributed by atoms with van der Waals surface area (Å²) in [5.41, 5.74) is 3.95. The minimum atomic E-state index is -0.903. The third kappa shape index (κ3) is 3.17. The molecule has 0 radical (unpaired) electrons. The maximum absolute atomic E-state index is 11.2. The number of carbonyl (C=O) groups is 1. The average molecular weight is 290 g/mol. The molecule has 0 unspecified atom stereocenters. The van der Waals surface area contributed by atoms with Crippen molar-refractivity contribution in [3.8, 4) is 0 Å². The van der Waals surface area contributed by atoms with Crippen LogP contribution >= 0.6 is 11.3 Å². The first kappa shape index (κ1) is 14.5. The van der Waals surface area contributed by atoms with Crippen LogP contribution in [-0.4, -0.2) is 16.1 Å². The van der Waals surface area contributed by atoms with Gasteiger partial charge in [-0.15, -0.1) is 0 Å². The molecule has 0 atom stereocenters. The molecule has 2 N–H and O–H groups in total. The van der Waals surface area contributed by atoms with E-state index < -0.39 is 5.97 Å². The van der Waals surface area contributed by atoms with E-state index in [1.165, 1.54) is 16.9 Å². The van der Waals surface area contributed by atoms with Gasteiger partial charge >= 0.3 is 5.97 Å². The number of carboxylic acids is 1. The Balaban J connectivity index is 2.29. The van der Waals surface area contributed by atoms with Crippen LogP contribution < -0.4 is 5.32 Å². The number of aromatic nitrogens is 1. The molecule has 2 aromatic rings. The van der Waals surface area contributed by atoms with Gasteiger partial charge in [-0.1, -0.05) is 42.4 Å². The highest BCUT2D eigenvalue weighted by Crippen LogP contribution is 2.28. The zero-order chi connectivity index (χ0) is 14.7. The van der Waals surface area contributed by atoms with E-state index in [0.717, 1.165) is 17.7 Å². The molecule has 1 aromatic heterocycles. The van der Waals surface area contributed by atoms with Gasteiger partial charge in [0, 0.05) is 5.69 Å². The first-order chi connectivity index (χ1) is 9.51. The first-order valence-electron chi connectivity index (χ1n) is 6.58. The fourth-order valence-corrected chi connectivity index (χ4v) is 2.91. The summed E-state index contributed by atoms with van der Waals surface area (Å²) in [5, 5.41) is 13.1. The molecule has 20 heavy (non-hydrogen) atoms. The van der Waals surface area contributed by atoms with Crippen molar-refractivity contribution in [1.82, 2.24) is 4.98 Å². The van der Waals surface area contributed by atoms with E-state index in [-0.39, 0.29) is 0 Å². The highest BCUT2D eigenvalue weighted by molar-refractivity contribution is 7.17. The molecular formula is C15H18N2O2S. The molecule has 0 saturated heterocycles. The highest BCUT2D eigenvalue weighted by atomic mass is 32.1. The Kier molecular flexibility index (Phi) is 4.39. The van der Waals surface area contributed by atoms with Crippen molar-refractivity contribution in [2.24, 2.45) is 0 Å². The van der Waals surface area contributed by atoms with Gasteiger partial charge in [-0.05, 0) is 31.9 Å². The van der Waals surface area contributed by atoms with Gasteiger partial charge in [0.2, 0.25) is 0 Å². The lowest BCUT2D eigenvalue weighted by molar-refractivity contribution is 0.0700. The van der Waals surface area contributed by atoms with Gasteiger partial charge in [0.15, 0.2) is 5.13 Å². The zero-order valence-electron chi connectivity index (χ0n) is 11.9. The summed E-state index contributed by atoms with van der Waals surface area (Å²) >= 11 is 1.19. The zero-order valence-corrected chi connectivity index (χ0v) is 12.7. The number of nitrogens with one attached hydrogen (secondary N) is 1. The molecule has 5 heteroatoms. The second-order valence-corrected chi connectivity index (χ2v) is 5.79. The highest BCUT2D eigenvalue weighted by Gasteiger charge is 2.16. The Bertz CT molecular complexity index is 635. The van der Waals surface area contributed by atoms with Gasteiger partial charge in [0.1, 0.15) is 4.88 Å². The molecule has 0 amide bonds. The van der Waals surface area contributed by atoms with Crippen LogP contribution in [0.1, 0.15) is 39.8 Å². The van der Waals surface area contributed by atoms with Crippen molar-refractivity contribution >= 4 is 28.1 Å². The van der Waals surface area contributed by atoms with Crippen LogP contribution in [0.4, 0.5) is 10.8 Å². The van der Waals surface area contributed by atoms with Crippen molar-refractivity contribution < 1.29 is 9.90 Å². The third-order valence-corrected chi connectivity index (χ3v) is 4.00. The number of thiazole rings is 1. The van der Waals surface area contributed by atoms with Gasteiger partial charge < -0.3 is 10.4 Å². The topological polar surface area (TPSA) is 62.2 Å². The van der Waals surface area contributed by atoms with Crippen LogP contribution in [0, 0.1) is 13.8 Å². The quantitative estimate of drug-likeness (QED) is 0.868. The fraction of sp³-hybridized carbons (Fsp3) is 0.333. The second kappa shape index (κ2) is 6.05. The van der Waals surface area contributed by atoms with Gasteiger partial charge in [-0.3, -0.25) is 0 Å². The molecule has 1 aromatic carbocycles. The van der Waals surface area contributed by atoms with Gasteiger partial charge in [0.05, 0.1) is 5.69 Å². The number of hydrogen-bond acceptors (Lipinski definition) is 4. The lowest BCUT2D eigenvalue weighted by atomic mass is 10.1. The average Bonchev–Trinajstić information content (AvgIpc) is 2.76. The van der Waals surface area contributed by atoms with Crippen LogP contribution in [0.3, 0.4) is 0 Å². The lowest BCUT2D eigenvalue weighted by Gasteiger charge is -2.07. The number of hydrogen-bond donors (Lipinski definition) is 2. The Morgan fingerprint density at radius 3 is 2.75 bits per heavy atom. The van der Waals surface area contributed by atoms with Gasteiger partial charge in [-0.2, -0.15) is 0 Å². The molecule has 0 aliphatic heterocycles. The summed E-state index contributed by atoms with van der Waals surface area (Å²) in [6.45, 7) is 6.08. The number of carboxylic acid groups (broad SMARTS) is 1. The Hall–Kier alpha value is -1.88. The minimum Gasteiger partial charge on any atom is -0.477 e. The fourth-order valence-electron chi connectivity index (χ4n) is 2.05. The number of aryl methyl sites for hydroxylation is 3. The predicted octanol–water partition coefficient (Wildman–Crippen LogP) is 4.15. The molecule has 0 bridgehead atoms. The van der Waals surface area contributed by atoms with E-state index in [1.54, 1.807) is 0 Å². The predicted molar refractivity (Wildman–Crippen MR) is 82.3 cm³/mol. The Morgan fingerprint density at radius 1 is 1.40 bits per heavy atom. The molecular weight excluding hydrogens is 272 g/mol. The summed E-state index contributed by atoms with van der Waals surface area (Å²) in [7, 11) is 0. The largest absolute Gasteiger partial charge is 0.477 e. The smallest absolute Gasteiger partial charge is 0.347 e. The van der Waals surface area contributed by atoms with Crippen molar-refractivity contribution in [3.63, 3.8) is 0 Å². The summed E-state index contributed by atoms with van der Waals surface area (Å²) < 4.78 is 0. The first-order valence-corrected chi connectivity index (χ1v) is 7.40. The summed E-state index contributed by atoms with van der Waals surface area (Å²) in [4.78, 5) is 16.0. The van der Waals surface area contributed by atoms with Crippen molar-refractivity contribution in [2.75, 3.05) is 5.32 Å². The molecule has 106 valence electrons. The molecule has 2 rings (SSSR count). The second-order valence-electron chi connectivity index (χ2n) is 4.79. The van der Waals surface area contributed by atoms with Crippen LogP contribution in [-0.2, 0) is 6.42 Å². The van der Waals surface area contributed by atoms with E-state index in [1.807, 2.05) is 32.9 Å². The summed E-state index contributed by atoms with van der Waals surface area (Å²) in [6, 6.07) is 6.10. The lowest BCUT2D eigenvalue weighted by Crippen LogP contribution is -1.98. The third-order valence-electron chi connectivity index (χ3n) is 3.00. The van der Waals surface area contributed by atoms with Gasteiger partial charge in [-0.25, -0.2) is 9.78 Å². The van der Waals surface area contributed by atoms with Crippen molar-refractivity contribution in [2.45, 2.75) is 33.6 Å². The normalized spacial score (nSPS) is 10.6. The number of rotatable bonds is 5. The molecule has 4 nitrogen and oxygen atoms in total. The molecule has 0 fully saturated rings. The van der Waals surface area contributed by atoms with Gasteiger partial charge in [0.25, 0.3) is 0 Å². The van der Waals surface area contributed by atoms with E-state index in [9.17, 15) is 9.90 Å². The maximum atomic E-state index is 11.2. The minimum absolute atomic E-state index is 0.333. The number of aromatic carboxylic acids is 1. The van der Waals surface area contributed by atoms with Crippen LogP contribution in [0.2, 0.25) is 0 Å². The number of anilines is 2. The van der Waals surface area contributed by atoms with Crippen LogP contribution in [0.15, 0.2) is 18.2 Å². The SMILES string of the molecule is CCCc1nc(Nc2ccc(C)cc2C)sc1C(=O)O. The summed E-state index contributed by atoms with van der Waals surface area (Å²) in [6.07, 6.45) is 1.57. The Labute approximate surface area is 122 Å². The number of nitrogens with zero attached hydrogens (tertiary/aromatic N) is 1. The Morgan fingerprint density at radius 2 is 2.15 bits per heavy atom. The van der Waals surface area contributed by atoms with E-state index in [0.29, 0.717) is 22.1 Å². The van der Waals surface area contributed by atoms with E-state index in [4.69, 9.17) is 0 Å².